The normalized spacial score (nSPS) is 18.0. The Balaban J connectivity index is 2.27. The first-order chi connectivity index (χ1) is 7.50. The molecule has 1 rings (SSSR count). The molecule has 1 aliphatic heterocycles. The van der Waals surface area contributed by atoms with E-state index >= 15 is 0 Å². The van der Waals surface area contributed by atoms with E-state index in [1.807, 2.05) is 13.8 Å². The summed E-state index contributed by atoms with van der Waals surface area (Å²) in [5.74, 6) is -0.190. The van der Waals surface area contributed by atoms with Crippen LogP contribution in [0.25, 0.3) is 0 Å². The Morgan fingerprint density at radius 2 is 2.06 bits per heavy atom. The van der Waals surface area contributed by atoms with E-state index in [-0.39, 0.29) is 30.3 Å². The molecule has 5 nitrogen and oxygen atoms in total. The monoisotopic (exact) mass is 229 g/mol. The molecule has 0 aromatic carbocycles. The minimum atomic E-state index is -0.422. The van der Waals surface area contributed by atoms with Crippen molar-refractivity contribution in [1.29, 1.82) is 0 Å². The first kappa shape index (κ1) is 13.1. The lowest BCUT2D eigenvalue weighted by molar-refractivity contribution is -0.149. The maximum Gasteiger partial charge on any atom is 0.246 e. The number of hydrogen-bond donors (Lipinski definition) is 1. The quantitative estimate of drug-likeness (QED) is 0.703. The first-order valence-corrected chi connectivity index (χ1v) is 5.50. The van der Waals surface area contributed by atoms with Crippen LogP contribution in [0.15, 0.2) is 0 Å². The SMILES string of the molecule is CC(=O)C(NC(=O)COC1COC1)C(C)C. The number of ether oxygens (including phenoxy) is 2. The van der Waals surface area contributed by atoms with E-state index < -0.39 is 6.04 Å². The van der Waals surface area contributed by atoms with Crippen molar-refractivity contribution in [2.75, 3.05) is 19.8 Å². The molecule has 0 radical (unpaired) electrons. The van der Waals surface area contributed by atoms with Gasteiger partial charge in [-0.15, -0.1) is 0 Å². The van der Waals surface area contributed by atoms with Crippen molar-refractivity contribution in [2.24, 2.45) is 5.92 Å². The van der Waals surface area contributed by atoms with Crippen LogP contribution in [0.1, 0.15) is 20.8 Å². The lowest BCUT2D eigenvalue weighted by Gasteiger charge is -2.26. The number of carbonyl (C=O) groups is 2. The molecule has 0 bridgehead atoms. The molecule has 0 aliphatic carbocycles. The van der Waals surface area contributed by atoms with Crippen LogP contribution in [-0.4, -0.2) is 43.7 Å². The standard InChI is InChI=1S/C11H19NO4/c1-7(2)11(8(3)13)12-10(14)6-16-9-4-15-5-9/h7,9,11H,4-6H2,1-3H3,(H,12,14). The molecule has 1 unspecified atom stereocenters. The Labute approximate surface area is 95.5 Å². The third kappa shape index (κ3) is 3.90. The highest BCUT2D eigenvalue weighted by Gasteiger charge is 2.23. The van der Waals surface area contributed by atoms with Crippen LogP contribution in [0.4, 0.5) is 0 Å². The van der Waals surface area contributed by atoms with E-state index in [4.69, 9.17) is 9.47 Å². The van der Waals surface area contributed by atoms with Crippen molar-refractivity contribution >= 4 is 11.7 Å². The Morgan fingerprint density at radius 1 is 1.44 bits per heavy atom. The molecule has 1 atom stereocenters. The zero-order valence-corrected chi connectivity index (χ0v) is 9.99. The Bertz CT molecular complexity index is 261. The van der Waals surface area contributed by atoms with Gasteiger partial charge in [0.05, 0.1) is 19.3 Å². The van der Waals surface area contributed by atoms with Crippen LogP contribution in [0.3, 0.4) is 0 Å². The summed E-state index contributed by atoms with van der Waals surface area (Å²) >= 11 is 0. The van der Waals surface area contributed by atoms with Crippen LogP contribution in [0.2, 0.25) is 0 Å². The van der Waals surface area contributed by atoms with Crippen molar-refractivity contribution in [3.8, 4) is 0 Å². The van der Waals surface area contributed by atoms with Gasteiger partial charge in [-0.25, -0.2) is 0 Å². The highest BCUT2D eigenvalue weighted by molar-refractivity contribution is 5.88. The molecule has 5 heteroatoms. The molecule has 0 spiro atoms. The van der Waals surface area contributed by atoms with Gasteiger partial charge in [-0.3, -0.25) is 9.59 Å². The fraction of sp³-hybridized carbons (Fsp3) is 0.818. The molecule has 0 aromatic rings. The van der Waals surface area contributed by atoms with Crippen molar-refractivity contribution in [1.82, 2.24) is 5.32 Å². The number of Topliss-reactive ketones (excluding diaryl/α,β-unsaturated/α-hetero) is 1. The van der Waals surface area contributed by atoms with Gasteiger partial charge in [0.2, 0.25) is 5.91 Å². The average molecular weight is 229 g/mol. The van der Waals surface area contributed by atoms with Crippen molar-refractivity contribution in [3.05, 3.63) is 0 Å². The third-order valence-corrected chi connectivity index (χ3v) is 2.48. The van der Waals surface area contributed by atoms with E-state index in [9.17, 15) is 9.59 Å². The maximum atomic E-state index is 11.5. The largest absolute Gasteiger partial charge is 0.376 e. The summed E-state index contributed by atoms with van der Waals surface area (Å²) in [5, 5.41) is 2.67. The lowest BCUT2D eigenvalue weighted by Crippen LogP contribution is -2.46. The molecule has 1 aliphatic rings. The molecule has 92 valence electrons. The molecular weight excluding hydrogens is 210 g/mol. The zero-order chi connectivity index (χ0) is 12.1. The lowest BCUT2D eigenvalue weighted by atomic mass is 10.0. The number of ketones is 1. The minimum absolute atomic E-state index is 0.00940. The average Bonchev–Trinajstić information content (AvgIpc) is 2.10. The predicted octanol–water partition coefficient (Wildman–Crippen LogP) is 0.132. The van der Waals surface area contributed by atoms with E-state index in [1.54, 1.807) is 0 Å². The second-order valence-corrected chi connectivity index (χ2v) is 4.37. The van der Waals surface area contributed by atoms with Crippen molar-refractivity contribution in [2.45, 2.75) is 32.9 Å². The fourth-order valence-electron chi connectivity index (χ4n) is 1.46. The van der Waals surface area contributed by atoms with Gasteiger partial charge >= 0.3 is 0 Å². The van der Waals surface area contributed by atoms with Gasteiger partial charge in [0.15, 0.2) is 5.78 Å². The topological polar surface area (TPSA) is 64.6 Å². The second-order valence-electron chi connectivity index (χ2n) is 4.37. The van der Waals surface area contributed by atoms with Crippen LogP contribution >= 0.6 is 0 Å². The van der Waals surface area contributed by atoms with Gasteiger partial charge in [-0.2, -0.15) is 0 Å². The molecule has 1 N–H and O–H groups in total. The highest BCUT2D eigenvalue weighted by atomic mass is 16.6. The summed E-state index contributed by atoms with van der Waals surface area (Å²) in [7, 11) is 0. The van der Waals surface area contributed by atoms with Crippen molar-refractivity contribution in [3.63, 3.8) is 0 Å². The van der Waals surface area contributed by atoms with E-state index in [1.165, 1.54) is 6.92 Å². The van der Waals surface area contributed by atoms with Gasteiger partial charge in [-0.1, -0.05) is 13.8 Å². The summed E-state index contributed by atoms with van der Waals surface area (Å²) in [6.45, 7) is 6.36. The van der Waals surface area contributed by atoms with Gasteiger partial charge in [0, 0.05) is 0 Å². The molecule has 1 heterocycles. The number of rotatable bonds is 6. The van der Waals surface area contributed by atoms with Gasteiger partial charge in [0.1, 0.15) is 12.7 Å². The third-order valence-electron chi connectivity index (χ3n) is 2.48. The Kier molecular flexibility index (Phi) is 4.89. The Hall–Kier alpha value is -0.940. The van der Waals surface area contributed by atoms with E-state index in [0.29, 0.717) is 13.2 Å². The van der Waals surface area contributed by atoms with Crippen LogP contribution in [0.5, 0.6) is 0 Å². The zero-order valence-electron chi connectivity index (χ0n) is 9.99. The van der Waals surface area contributed by atoms with Crippen molar-refractivity contribution < 1.29 is 19.1 Å². The molecule has 0 aromatic heterocycles. The second kappa shape index (κ2) is 5.96. The van der Waals surface area contributed by atoms with Crippen LogP contribution in [0, 0.1) is 5.92 Å². The smallest absolute Gasteiger partial charge is 0.246 e. The first-order valence-electron chi connectivity index (χ1n) is 5.50. The van der Waals surface area contributed by atoms with Crippen LogP contribution in [-0.2, 0) is 19.1 Å². The molecule has 1 amide bonds. The molecule has 1 saturated heterocycles. The summed E-state index contributed by atoms with van der Waals surface area (Å²) in [4.78, 5) is 22.7. The molecular formula is C11H19NO4. The summed E-state index contributed by atoms with van der Waals surface area (Å²) in [6, 6.07) is -0.422. The number of carbonyl (C=O) groups excluding carboxylic acids is 2. The number of nitrogens with one attached hydrogen (secondary N) is 1. The number of amides is 1. The number of hydrogen-bond acceptors (Lipinski definition) is 4. The van der Waals surface area contributed by atoms with Gasteiger partial charge in [-0.05, 0) is 12.8 Å². The van der Waals surface area contributed by atoms with Crippen LogP contribution < -0.4 is 5.32 Å². The summed E-state index contributed by atoms with van der Waals surface area (Å²) in [5.41, 5.74) is 0. The minimum Gasteiger partial charge on any atom is -0.376 e. The summed E-state index contributed by atoms with van der Waals surface area (Å²) < 4.78 is 10.2. The fourth-order valence-corrected chi connectivity index (χ4v) is 1.46. The molecule has 0 saturated carbocycles. The molecule has 16 heavy (non-hydrogen) atoms. The maximum absolute atomic E-state index is 11.5. The Morgan fingerprint density at radius 3 is 2.44 bits per heavy atom. The molecule has 1 fully saturated rings. The van der Waals surface area contributed by atoms with E-state index in [2.05, 4.69) is 5.32 Å². The highest BCUT2D eigenvalue weighted by Crippen LogP contribution is 2.05. The van der Waals surface area contributed by atoms with E-state index in [0.717, 1.165) is 0 Å². The predicted molar refractivity (Wildman–Crippen MR) is 58.0 cm³/mol. The summed E-state index contributed by atoms with van der Waals surface area (Å²) in [6.07, 6.45) is 0.0283. The van der Waals surface area contributed by atoms with Gasteiger partial charge in [0.25, 0.3) is 0 Å². The van der Waals surface area contributed by atoms with Gasteiger partial charge < -0.3 is 14.8 Å².